The summed E-state index contributed by atoms with van der Waals surface area (Å²) in [5, 5.41) is 0. The van der Waals surface area contributed by atoms with Crippen molar-refractivity contribution in [2.75, 3.05) is 13.2 Å². The van der Waals surface area contributed by atoms with Crippen LogP contribution in [0.3, 0.4) is 0 Å². The van der Waals surface area contributed by atoms with Crippen molar-refractivity contribution in [2.24, 2.45) is 0 Å². The first-order valence-electron chi connectivity index (χ1n) is 28.1. The summed E-state index contributed by atoms with van der Waals surface area (Å²) in [4.78, 5) is 37.6. The Morgan fingerprint density at radius 1 is 0.323 bits per heavy atom. The third-order valence-electron chi connectivity index (χ3n) is 12.4. The summed E-state index contributed by atoms with van der Waals surface area (Å²) < 4.78 is 16.6. The first-order chi connectivity index (χ1) is 32.0. The van der Waals surface area contributed by atoms with E-state index in [-0.39, 0.29) is 37.5 Å². The summed E-state index contributed by atoms with van der Waals surface area (Å²) in [6.07, 6.45) is 66.2. The van der Waals surface area contributed by atoms with Crippen molar-refractivity contribution in [3.05, 3.63) is 48.6 Å². The molecule has 0 fully saturated rings. The predicted octanol–water partition coefficient (Wildman–Crippen LogP) is 18.7. The molecule has 0 bridgehead atoms. The minimum absolute atomic E-state index is 0.0993. The Bertz CT molecular complexity index is 1140. The predicted molar refractivity (Wildman–Crippen MR) is 279 cm³/mol. The first-order valence-corrected chi connectivity index (χ1v) is 28.1. The molecule has 1 unspecified atom stereocenters. The van der Waals surface area contributed by atoms with Crippen molar-refractivity contribution in [1.29, 1.82) is 0 Å². The Morgan fingerprint density at radius 2 is 0.600 bits per heavy atom. The third-order valence-corrected chi connectivity index (χ3v) is 12.4. The van der Waals surface area contributed by atoms with Gasteiger partial charge in [0.05, 0.1) is 0 Å². The lowest BCUT2D eigenvalue weighted by molar-refractivity contribution is -0.166. The van der Waals surface area contributed by atoms with Gasteiger partial charge in [-0.25, -0.2) is 0 Å². The van der Waals surface area contributed by atoms with Crippen LogP contribution in [-0.2, 0) is 28.6 Å². The van der Waals surface area contributed by atoms with Crippen LogP contribution in [0.5, 0.6) is 0 Å². The maximum Gasteiger partial charge on any atom is 0.306 e. The number of carbonyl (C=O) groups excluding carboxylic acids is 3. The van der Waals surface area contributed by atoms with E-state index in [4.69, 9.17) is 14.2 Å². The number of esters is 3. The molecule has 378 valence electrons. The minimum atomic E-state index is -0.804. The zero-order valence-corrected chi connectivity index (χ0v) is 43.3. The van der Waals surface area contributed by atoms with Crippen LogP contribution in [-0.4, -0.2) is 37.2 Å². The molecule has 0 saturated heterocycles. The summed E-state index contributed by atoms with van der Waals surface area (Å²) >= 11 is 0. The van der Waals surface area contributed by atoms with E-state index < -0.39 is 6.10 Å². The standard InChI is InChI=1S/C59H106O6/c1-4-7-10-13-15-17-19-21-22-23-24-25-26-27-28-29-30-31-32-33-34-35-36-38-39-41-43-46-49-52-58(61)64-55-56(54-63-57(60)51-48-45-12-9-6-3)65-59(62)53-50-47-44-42-40-37-20-18-16-14-11-8-5-2/h8,11,16,18,37,40,44,47,56H,4-7,9-10,12-15,17,19-36,38-39,41-43,45-46,48-55H2,1-3H3/b11-8-,18-16-,40-37-,47-44-. The Morgan fingerprint density at radius 3 is 0.908 bits per heavy atom. The van der Waals surface area contributed by atoms with Crippen LogP contribution in [0.2, 0.25) is 0 Å². The number of hydrogen-bond donors (Lipinski definition) is 0. The van der Waals surface area contributed by atoms with E-state index in [9.17, 15) is 14.4 Å². The molecular weight excluding hydrogens is 805 g/mol. The average Bonchev–Trinajstić information content (AvgIpc) is 3.30. The van der Waals surface area contributed by atoms with Crippen LogP contribution in [0.4, 0.5) is 0 Å². The Hall–Kier alpha value is -2.63. The largest absolute Gasteiger partial charge is 0.462 e. The van der Waals surface area contributed by atoms with Crippen molar-refractivity contribution in [2.45, 2.75) is 297 Å². The Labute approximate surface area is 403 Å². The molecule has 6 nitrogen and oxygen atoms in total. The minimum Gasteiger partial charge on any atom is -0.462 e. The highest BCUT2D eigenvalue weighted by Crippen LogP contribution is 2.17. The van der Waals surface area contributed by atoms with Gasteiger partial charge in [-0.05, 0) is 44.9 Å². The molecule has 0 spiro atoms. The zero-order chi connectivity index (χ0) is 47.2. The van der Waals surface area contributed by atoms with E-state index in [0.717, 1.165) is 70.6 Å². The van der Waals surface area contributed by atoms with Gasteiger partial charge in [0, 0.05) is 19.3 Å². The first kappa shape index (κ1) is 62.4. The SMILES string of the molecule is CC/C=C\C/C=C\C/C=C\C/C=C\CCC(=O)OC(COC(=O)CCCCCCC)COC(=O)CCCCCCCCCCCCCCCCCCCCCCCCCCCCCCC. The highest BCUT2D eigenvalue weighted by Gasteiger charge is 2.19. The average molecular weight is 911 g/mol. The van der Waals surface area contributed by atoms with Gasteiger partial charge in [-0.1, -0.05) is 275 Å². The van der Waals surface area contributed by atoms with Crippen molar-refractivity contribution in [3.63, 3.8) is 0 Å². The van der Waals surface area contributed by atoms with E-state index in [2.05, 4.69) is 57.2 Å². The molecule has 0 aromatic heterocycles. The molecule has 0 aromatic carbocycles. The number of hydrogen-bond acceptors (Lipinski definition) is 6. The Kier molecular flexibility index (Phi) is 51.8. The zero-order valence-electron chi connectivity index (χ0n) is 43.3. The lowest BCUT2D eigenvalue weighted by atomic mass is 10.0. The number of unbranched alkanes of at least 4 members (excludes halogenated alkanes) is 32. The molecule has 0 aliphatic carbocycles. The van der Waals surface area contributed by atoms with Crippen molar-refractivity contribution in [3.8, 4) is 0 Å². The van der Waals surface area contributed by atoms with E-state index in [0.29, 0.717) is 19.3 Å². The van der Waals surface area contributed by atoms with Crippen molar-refractivity contribution >= 4 is 17.9 Å². The fourth-order valence-corrected chi connectivity index (χ4v) is 8.16. The maximum absolute atomic E-state index is 12.7. The second-order valence-electron chi connectivity index (χ2n) is 18.8. The van der Waals surface area contributed by atoms with Gasteiger partial charge >= 0.3 is 17.9 Å². The molecule has 0 N–H and O–H groups in total. The summed E-state index contributed by atoms with van der Waals surface area (Å²) in [5.41, 5.74) is 0. The molecule has 0 aromatic rings. The van der Waals surface area contributed by atoms with E-state index in [1.807, 2.05) is 12.2 Å². The van der Waals surface area contributed by atoms with Gasteiger partial charge in [0.25, 0.3) is 0 Å². The quantitative estimate of drug-likeness (QED) is 0.0262. The van der Waals surface area contributed by atoms with E-state index in [1.54, 1.807) is 0 Å². The molecule has 65 heavy (non-hydrogen) atoms. The second kappa shape index (κ2) is 54.0. The van der Waals surface area contributed by atoms with Crippen LogP contribution in [0.25, 0.3) is 0 Å². The highest BCUT2D eigenvalue weighted by atomic mass is 16.6. The van der Waals surface area contributed by atoms with Crippen LogP contribution in [0.15, 0.2) is 48.6 Å². The summed E-state index contributed by atoms with van der Waals surface area (Å²) in [6, 6.07) is 0. The number of allylic oxidation sites excluding steroid dienone is 8. The molecule has 6 heteroatoms. The second-order valence-corrected chi connectivity index (χ2v) is 18.8. The molecule has 0 rings (SSSR count). The number of ether oxygens (including phenoxy) is 3. The lowest BCUT2D eigenvalue weighted by Gasteiger charge is -2.18. The van der Waals surface area contributed by atoms with Gasteiger partial charge in [-0.3, -0.25) is 14.4 Å². The van der Waals surface area contributed by atoms with Crippen LogP contribution in [0, 0.1) is 0 Å². The smallest absolute Gasteiger partial charge is 0.306 e. The van der Waals surface area contributed by atoms with Crippen LogP contribution >= 0.6 is 0 Å². The fraction of sp³-hybridized carbons (Fsp3) is 0.814. The summed E-state index contributed by atoms with van der Waals surface area (Å²) in [7, 11) is 0. The van der Waals surface area contributed by atoms with Crippen LogP contribution in [0.1, 0.15) is 290 Å². The molecule has 1 atom stereocenters. The van der Waals surface area contributed by atoms with Gasteiger partial charge in [0.1, 0.15) is 13.2 Å². The van der Waals surface area contributed by atoms with Gasteiger partial charge in [0.15, 0.2) is 6.10 Å². The normalized spacial score (nSPS) is 12.4. The molecule has 0 heterocycles. The highest BCUT2D eigenvalue weighted by molar-refractivity contribution is 5.71. The molecule has 0 saturated carbocycles. The molecule has 0 amide bonds. The summed E-state index contributed by atoms with van der Waals surface area (Å²) in [5.74, 6) is -0.988. The molecule has 0 radical (unpaired) electrons. The molecule has 0 aliphatic rings. The van der Waals surface area contributed by atoms with Gasteiger partial charge in [-0.15, -0.1) is 0 Å². The fourth-order valence-electron chi connectivity index (χ4n) is 8.16. The van der Waals surface area contributed by atoms with Crippen molar-refractivity contribution in [1.82, 2.24) is 0 Å². The molecular formula is C59H106O6. The topological polar surface area (TPSA) is 78.9 Å². The van der Waals surface area contributed by atoms with Gasteiger partial charge in [-0.2, -0.15) is 0 Å². The van der Waals surface area contributed by atoms with E-state index >= 15 is 0 Å². The Balaban J connectivity index is 3.96. The van der Waals surface area contributed by atoms with Gasteiger partial charge < -0.3 is 14.2 Å². The summed E-state index contributed by atoms with van der Waals surface area (Å²) in [6.45, 7) is 6.40. The van der Waals surface area contributed by atoms with Crippen molar-refractivity contribution < 1.29 is 28.6 Å². The van der Waals surface area contributed by atoms with Crippen LogP contribution < -0.4 is 0 Å². The maximum atomic E-state index is 12.7. The third kappa shape index (κ3) is 52.2. The lowest BCUT2D eigenvalue weighted by Crippen LogP contribution is -2.30. The van der Waals surface area contributed by atoms with E-state index in [1.165, 1.54) is 173 Å². The van der Waals surface area contributed by atoms with Gasteiger partial charge in [0.2, 0.25) is 0 Å². The number of carbonyl (C=O) groups is 3. The molecule has 0 aliphatic heterocycles. The monoisotopic (exact) mass is 911 g/mol. The number of rotatable bonds is 51.